The van der Waals surface area contributed by atoms with Crippen LogP contribution in [0.2, 0.25) is 5.02 Å². The summed E-state index contributed by atoms with van der Waals surface area (Å²) in [6, 6.07) is 37.9. The third-order valence-electron chi connectivity index (χ3n) is 9.45. The number of hydrogen-bond donors (Lipinski definition) is 2. The van der Waals surface area contributed by atoms with Crippen LogP contribution in [-0.4, -0.2) is 112 Å². The molecule has 0 bridgehead atoms. The van der Waals surface area contributed by atoms with Crippen LogP contribution < -0.4 is 167 Å². The number of alkyl halides is 1. The van der Waals surface area contributed by atoms with Crippen molar-refractivity contribution in [1.29, 1.82) is 0 Å². The van der Waals surface area contributed by atoms with Crippen molar-refractivity contribution in [2.45, 2.75) is 32.2 Å². The van der Waals surface area contributed by atoms with E-state index in [1.54, 1.807) is 50.9 Å². The number of ether oxygens (including phenoxy) is 6. The van der Waals surface area contributed by atoms with Gasteiger partial charge in [0.1, 0.15) is 62.1 Å². The number of aliphatic hydroxyl groups is 2. The Morgan fingerprint density at radius 3 is 1.62 bits per heavy atom. The second kappa shape index (κ2) is 38.3. The van der Waals surface area contributed by atoms with Crippen molar-refractivity contribution in [1.82, 2.24) is 29.5 Å². The van der Waals surface area contributed by atoms with Crippen molar-refractivity contribution < 1.29 is 203 Å². The number of benzene rings is 4. The largest absolute Gasteiger partial charge is 1.00 e. The number of methoxy groups -OCH3 is 2. The first-order valence-electron chi connectivity index (χ1n) is 22.0. The van der Waals surface area contributed by atoms with Gasteiger partial charge in [-0.25, -0.2) is 19.3 Å². The van der Waals surface area contributed by atoms with E-state index in [-0.39, 0.29) is 172 Å². The average molecular weight is 1500 g/mol. The van der Waals surface area contributed by atoms with Crippen LogP contribution in [0.1, 0.15) is 20.8 Å². The van der Waals surface area contributed by atoms with Gasteiger partial charge in [0.2, 0.25) is 0 Å². The Hall–Kier alpha value is -2.28. The first-order chi connectivity index (χ1) is 35.4. The molecule has 0 aliphatic rings. The summed E-state index contributed by atoms with van der Waals surface area (Å²) in [6.07, 6.45) is 2.01. The zero-order valence-electron chi connectivity index (χ0n) is 43.1. The van der Waals surface area contributed by atoms with Crippen molar-refractivity contribution in [3.05, 3.63) is 157 Å². The SMILES string of the molecule is CC(=O)OC(CO)COc1ccccc1.COc1ccc(Cn2nc(I)c3c(Cl)ccnc32)cc1.COc1ccc(Cn2nc(I)c3c(OCC(O)COc4ccccc4)ccnc32)cc1.O=CO[O-].[2H]CF.[Cs+].[Cs+].[H-]. The second-order valence-electron chi connectivity index (χ2n) is 14.4. The first-order valence-corrected chi connectivity index (χ1v) is 23.9. The van der Waals surface area contributed by atoms with E-state index in [0.717, 1.165) is 52.1 Å². The molecule has 0 fully saturated rings. The number of fused-ring (bicyclic) bond motifs is 2. The van der Waals surface area contributed by atoms with E-state index >= 15 is 0 Å². The van der Waals surface area contributed by atoms with Crippen molar-refractivity contribution in [3.63, 3.8) is 0 Å². The van der Waals surface area contributed by atoms with Gasteiger partial charge in [-0.1, -0.05) is 72.3 Å². The van der Waals surface area contributed by atoms with Crippen LogP contribution in [0.15, 0.2) is 134 Å². The van der Waals surface area contributed by atoms with Gasteiger partial charge in [-0.15, -0.1) is 0 Å². The van der Waals surface area contributed by atoms with Crippen LogP contribution in [-0.2, 0) is 32.3 Å². The molecular formula is C50H52ClCs2FI2N6O12. The van der Waals surface area contributed by atoms with Crippen molar-refractivity contribution >= 4 is 91.3 Å². The van der Waals surface area contributed by atoms with Gasteiger partial charge in [0.05, 0.1) is 58.2 Å². The molecule has 8 rings (SSSR count). The number of nitrogens with zero attached hydrogens (tertiary/aromatic N) is 6. The Bertz CT molecular complexity index is 2880. The molecule has 0 spiro atoms. The van der Waals surface area contributed by atoms with Crippen molar-refractivity contribution in [3.8, 4) is 28.7 Å². The molecule has 2 unspecified atom stereocenters. The molecule has 4 aromatic carbocycles. The van der Waals surface area contributed by atoms with Crippen LogP contribution in [0.3, 0.4) is 0 Å². The Morgan fingerprint density at radius 1 is 0.743 bits per heavy atom. The Balaban J connectivity index is 0.000000556. The molecule has 4 aromatic heterocycles. The smallest absolute Gasteiger partial charge is 1.00 e. The van der Waals surface area contributed by atoms with Crippen molar-refractivity contribution in [2.75, 3.05) is 47.8 Å². The molecule has 0 aliphatic carbocycles. The van der Waals surface area contributed by atoms with Crippen LogP contribution in [0.25, 0.3) is 22.1 Å². The molecular weight excluding hydrogens is 1450 g/mol. The van der Waals surface area contributed by atoms with E-state index in [1.165, 1.54) is 6.92 Å². The molecule has 24 heteroatoms. The number of aliphatic hydroxyl groups excluding tert-OH is 2. The summed E-state index contributed by atoms with van der Waals surface area (Å²) >= 11 is 10.6. The molecule has 0 amide bonds. The fourth-order valence-corrected chi connectivity index (χ4v) is 8.15. The van der Waals surface area contributed by atoms with Crippen LogP contribution in [0, 0.1) is 7.40 Å². The minimum Gasteiger partial charge on any atom is -1.00 e. The number of carbonyl (C=O) groups is 2. The summed E-state index contributed by atoms with van der Waals surface area (Å²) in [5.41, 5.74) is 3.75. The van der Waals surface area contributed by atoms with E-state index in [9.17, 15) is 14.3 Å². The summed E-state index contributed by atoms with van der Waals surface area (Å²) in [5, 5.41) is 39.1. The Kier molecular flexibility index (Phi) is 34.2. The predicted molar refractivity (Wildman–Crippen MR) is 283 cm³/mol. The number of aromatic nitrogens is 6. The number of halogens is 4. The van der Waals surface area contributed by atoms with Gasteiger partial charge in [0.15, 0.2) is 17.4 Å². The van der Waals surface area contributed by atoms with Crippen LogP contribution in [0.5, 0.6) is 28.7 Å². The van der Waals surface area contributed by atoms with Gasteiger partial charge in [-0.3, -0.25) is 14.0 Å². The molecule has 0 aliphatic heterocycles. The molecule has 8 aromatic rings. The normalized spacial score (nSPS) is 10.9. The monoisotopic (exact) mass is 1500 g/mol. The van der Waals surface area contributed by atoms with Gasteiger partial charge < -0.3 is 50.2 Å². The molecule has 4 heterocycles. The molecule has 2 N–H and O–H groups in total. The fourth-order valence-electron chi connectivity index (χ4n) is 6.20. The van der Waals surface area contributed by atoms with Gasteiger partial charge in [-0.05, 0) is 117 Å². The molecule has 74 heavy (non-hydrogen) atoms. The summed E-state index contributed by atoms with van der Waals surface area (Å²) in [6.45, 7) is 2.50. The molecule has 0 radical (unpaired) electrons. The Morgan fingerprint density at radius 2 is 1.18 bits per heavy atom. The molecule has 0 saturated carbocycles. The van der Waals surface area contributed by atoms with Gasteiger partial charge >= 0.3 is 144 Å². The van der Waals surface area contributed by atoms with Crippen molar-refractivity contribution in [2.24, 2.45) is 0 Å². The zero-order valence-corrected chi connectivity index (χ0v) is 58.7. The van der Waals surface area contributed by atoms with Gasteiger partial charge in [-0.2, -0.15) is 10.2 Å². The van der Waals surface area contributed by atoms with E-state index in [0.29, 0.717) is 35.4 Å². The Labute approximate surface area is 580 Å². The number of para-hydroxylation sites is 2. The fraction of sp³-hybridized carbons (Fsp3) is 0.240. The second-order valence-corrected chi connectivity index (χ2v) is 16.9. The summed E-state index contributed by atoms with van der Waals surface area (Å²) in [7, 11) is 2.30. The van der Waals surface area contributed by atoms with Crippen LogP contribution in [0.4, 0.5) is 4.39 Å². The van der Waals surface area contributed by atoms with E-state index in [1.807, 2.05) is 106 Å². The average Bonchev–Trinajstić information content (AvgIpc) is 3.92. The first kappa shape index (κ1) is 66.0. The van der Waals surface area contributed by atoms with Crippen LogP contribution >= 0.6 is 56.8 Å². The maximum Gasteiger partial charge on any atom is 1.00 e. The molecule has 384 valence electrons. The van der Waals surface area contributed by atoms with Gasteiger partial charge in [0, 0.05) is 19.3 Å². The number of rotatable bonds is 18. The van der Waals surface area contributed by atoms with E-state index in [4.69, 9.17) is 56.6 Å². The molecule has 18 nitrogen and oxygen atoms in total. The van der Waals surface area contributed by atoms with Gasteiger partial charge in [0.25, 0.3) is 6.47 Å². The summed E-state index contributed by atoms with van der Waals surface area (Å²) in [5.74, 6) is 3.26. The number of pyridine rings is 2. The van der Waals surface area contributed by atoms with E-state index in [2.05, 4.69) is 70.2 Å². The summed E-state index contributed by atoms with van der Waals surface area (Å²) in [4.78, 5) is 30.8. The quantitative estimate of drug-likeness (QED) is 0.0411. The molecule has 0 saturated heterocycles. The maximum absolute atomic E-state index is 10.6. The standard InChI is InChI=1S/C23H22IN3O4.C14H11ClIN3O.C11H14O4.CH3F.CH2O3.2Cs.H/c1-29-18-9-7-16(8-10-18)13-27-23-21(22(24)26-27)20(11-12-25-23)31-15-17(28)14-30-19-5-3-2-4-6-19;1-20-10-4-2-9(3-5-10)8-19-14-12(13(16)18-19)11(15)6-7-17-14;1-9(13)15-11(7-12)8-14-10-5-3-2-4-6-10;1-2;2-1-4-3;;;/h2-12,17,28H,13-15H2,1H3;2-7H,8H2,1H3;2-6,11-12H,7-8H2,1H3;1H3;1,3H;;;/q;;;;;2*+1;-1/p-1/i;;;1D;;;;. The number of esters is 1. The maximum atomic E-state index is 10.6. The third-order valence-corrected chi connectivity index (χ3v) is 11.3. The predicted octanol–water partition coefficient (Wildman–Crippen LogP) is 1.79. The third kappa shape index (κ3) is 23.0. The number of carbonyl (C=O) groups excluding carboxylic acids is 2. The minimum atomic E-state index is -1.00. The zero-order chi connectivity index (χ0) is 53.0. The van der Waals surface area contributed by atoms with E-state index < -0.39 is 25.3 Å². The topological polar surface area (TPSA) is 224 Å². The molecule has 2 atom stereocenters. The number of hydrogen-bond acceptors (Lipinski definition) is 16. The summed E-state index contributed by atoms with van der Waals surface area (Å²) < 4.78 is 52.9. The minimum absolute atomic E-state index is 0.